The molecule has 0 amide bonds. The molecule has 3 nitrogen and oxygen atoms in total. The molecular formula is C13H19ClO3S. The molecule has 0 aliphatic rings. The predicted molar refractivity (Wildman–Crippen MR) is 74.5 cm³/mol. The summed E-state index contributed by atoms with van der Waals surface area (Å²) in [6.45, 7) is 5.12. The lowest BCUT2D eigenvalue weighted by Crippen LogP contribution is -2.39. The molecule has 0 aromatic heterocycles. The molecule has 1 aromatic carbocycles. The number of halogens is 1. The van der Waals surface area contributed by atoms with E-state index in [2.05, 4.69) is 0 Å². The molecule has 0 fully saturated rings. The molecule has 2 atom stereocenters. The summed E-state index contributed by atoms with van der Waals surface area (Å²) in [5, 5.41) is 10.3. The van der Waals surface area contributed by atoms with Gasteiger partial charge < -0.3 is 5.11 Å². The Morgan fingerprint density at radius 2 is 1.78 bits per heavy atom. The van der Waals surface area contributed by atoms with Gasteiger partial charge in [-0.25, -0.2) is 8.42 Å². The monoisotopic (exact) mass is 290 g/mol. The van der Waals surface area contributed by atoms with Crippen LogP contribution in [0.5, 0.6) is 0 Å². The van der Waals surface area contributed by atoms with Crippen LogP contribution in [-0.4, -0.2) is 23.5 Å². The van der Waals surface area contributed by atoms with Crippen LogP contribution in [0, 0.1) is 6.92 Å². The zero-order chi connectivity index (χ0) is 14.0. The molecule has 0 aliphatic carbocycles. The minimum Gasteiger partial charge on any atom is -0.385 e. The largest absolute Gasteiger partial charge is 0.385 e. The Hall–Kier alpha value is -0.580. The summed E-state index contributed by atoms with van der Waals surface area (Å²) in [5.74, 6) is -0.0900. The van der Waals surface area contributed by atoms with Crippen molar-refractivity contribution >= 4 is 21.4 Å². The van der Waals surface area contributed by atoms with E-state index in [1.165, 1.54) is 6.92 Å². The van der Waals surface area contributed by atoms with Gasteiger partial charge in [-0.15, -0.1) is 0 Å². The lowest BCUT2D eigenvalue weighted by molar-refractivity contribution is 0.154. The Labute approximate surface area is 114 Å². The molecule has 1 aromatic rings. The van der Waals surface area contributed by atoms with E-state index in [0.717, 1.165) is 5.56 Å². The van der Waals surface area contributed by atoms with E-state index in [1.807, 2.05) is 19.1 Å². The first-order valence-electron chi connectivity index (χ1n) is 5.94. The van der Waals surface area contributed by atoms with E-state index < -0.39 is 20.1 Å². The molecule has 0 bridgehead atoms. The smallest absolute Gasteiger partial charge is 0.175 e. The molecule has 1 N–H and O–H groups in total. The Kier molecular flexibility index (Phi) is 4.81. The summed E-state index contributed by atoms with van der Waals surface area (Å²) < 4.78 is 22.4. The lowest BCUT2D eigenvalue weighted by Gasteiger charge is -2.30. The third-order valence-corrected chi connectivity index (χ3v) is 6.67. The van der Waals surface area contributed by atoms with E-state index in [0.29, 0.717) is 5.56 Å². The van der Waals surface area contributed by atoms with Crippen LogP contribution in [0.15, 0.2) is 24.3 Å². The van der Waals surface area contributed by atoms with Crippen LogP contribution < -0.4 is 0 Å². The second kappa shape index (κ2) is 5.59. The Morgan fingerprint density at radius 1 is 1.28 bits per heavy atom. The number of rotatable bonds is 5. The maximum atomic E-state index is 12.0. The van der Waals surface area contributed by atoms with Crippen LogP contribution in [-0.2, 0) is 9.84 Å². The molecule has 5 heteroatoms. The number of benzene rings is 1. The minimum absolute atomic E-state index is 0.0900. The van der Waals surface area contributed by atoms with Crippen LogP contribution in [0.3, 0.4) is 0 Å². The van der Waals surface area contributed by atoms with Crippen LogP contribution in [0.25, 0.3) is 0 Å². The molecule has 0 aliphatic heterocycles. The van der Waals surface area contributed by atoms with Gasteiger partial charge in [0.15, 0.2) is 14.0 Å². The summed E-state index contributed by atoms with van der Waals surface area (Å²) in [6, 6.07) is 7.06. The fraction of sp³-hybridized carbons (Fsp3) is 0.538. The van der Waals surface area contributed by atoms with E-state index in [1.54, 1.807) is 19.1 Å². The molecular weight excluding hydrogens is 272 g/mol. The van der Waals surface area contributed by atoms with E-state index >= 15 is 0 Å². The highest BCUT2D eigenvalue weighted by atomic mass is 35.5. The fourth-order valence-corrected chi connectivity index (χ4v) is 3.67. The zero-order valence-corrected chi connectivity index (χ0v) is 12.4. The molecule has 0 saturated heterocycles. The van der Waals surface area contributed by atoms with Crippen molar-refractivity contribution in [3.63, 3.8) is 0 Å². The molecule has 0 heterocycles. The Morgan fingerprint density at radius 3 is 2.17 bits per heavy atom. The lowest BCUT2D eigenvalue weighted by atomic mass is 10.0. The zero-order valence-electron chi connectivity index (χ0n) is 10.9. The first-order chi connectivity index (χ1) is 8.28. The van der Waals surface area contributed by atoms with E-state index in [-0.39, 0.29) is 12.2 Å². The van der Waals surface area contributed by atoms with Gasteiger partial charge in [-0.2, -0.15) is 0 Å². The normalized spacial score (nSPS) is 17.2. The number of hydrogen-bond acceptors (Lipinski definition) is 3. The Bertz CT molecular complexity index is 495. The standard InChI is InChI=1S/C13H19ClO3S/c1-4-13(14,18(16,17)5-2)12(15)11-8-6-10(3)7-9-11/h6-9,12,15H,4-5H2,1-3H3/t12-,13+/m1/s1. The number of alkyl halides is 1. The van der Waals surface area contributed by atoms with Gasteiger partial charge in [0.1, 0.15) is 6.10 Å². The number of sulfone groups is 1. The topological polar surface area (TPSA) is 54.4 Å². The van der Waals surface area contributed by atoms with Crippen molar-refractivity contribution in [1.29, 1.82) is 0 Å². The maximum Gasteiger partial charge on any atom is 0.175 e. The minimum atomic E-state index is -3.55. The van der Waals surface area contributed by atoms with Crippen molar-refractivity contribution < 1.29 is 13.5 Å². The number of aliphatic hydroxyl groups excluding tert-OH is 1. The van der Waals surface area contributed by atoms with Gasteiger partial charge in [0.05, 0.1) is 0 Å². The summed E-state index contributed by atoms with van der Waals surface area (Å²) in [7, 11) is -3.55. The van der Waals surface area contributed by atoms with Crippen molar-refractivity contribution in [3.05, 3.63) is 35.4 Å². The van der Waals surface area contributed by atoms with Gasteiger partial charge in [0, 0.05) is 5.75 Å². The Balaban J connectivity index is 3.21. The molecule has 0 spiro atoms. The summed E-state index contributed by atoms with van der Waals surface area (Å²) in [5.41, 5.74) is 1.57. The van der Waals surface area contributed by atoms with Gasteiger partial charge in [0.2, 0.25) is 0 Å². The molecule has 102 valence electrons. The van der Waals surface area contributed by atoms with Crippen molar-refractivity contribution in [2.45, 2.75) is 37.5 Å². The van der Waals surface area contributed by atoms with Gasteiger partial charge in [0.25, 0.3) is 0 Å². The molecule has 0 saturated carbocycles. The third-order valence-electron chi connectivity index (χ3n) is 3.18. The third kappa shape index (κ3) is 2.71. The van der Waals surface area contributed by atoms with Crippen molar-refractivity contribution in [2.24, 2.45) is 0 Å². The van der Waals surface area contributed by atoms with Crippen LogP contribution in [0.2, 0.25) is 0 Å². The van der Waals surface area contributed by atoms with Crippen LogP contribution >= 0.6 is 11.6 Å². The van der Waals surface area contributed by atoms with Gasteiger partial charge in [-0.1, -0.05) is 55.3 Å². The molecule has 0 unspecified atom stereocenters. The first-order valence-corrected chi connectivity index (χ1v) is 7.97. The van der Waals surface area contributed by atoms with Crippen molar-refractivity contribution in [2.75, 3.05) is 5.75 Å². The first kappa shape index (κ1) is 15.5. The summed E-state index contributed by atoms with van der Waals surface area (Å²) in [6.07, 6.45) is -1.07. The summed E-state index contributed by atoms with van der Waals surface area (Å²) in [4.78, 5) is 0. The van der Waals surface area contributed by atoms with Crippen molar-refractivity contribution in [1.82, 2.24) is 0 Å². The SMILES string of the molecule is CC[C@@](Cl)([C@H](O)c1ccc(C)cc1)S(=O)(=O)CC. The quantitative estimate of drug-likeness (QED) is 0.849. The molecule has 0 radical (unpaired) electrons. The van der Waals surface area contributed by atoms with Gasteiger partial charge in [-0.05, 0) is 18.9 Å². The van der Waals surface area contributed by atoms with Gasteiger partial charge in [-0.3, -0.25) is 0 Å². The average molecular weight is 291 g/mol. The van der Waals surface area contributed by atoms with Crippen LogP contribution in [0.1, 0.15) is 37.5 Å². The fourth-order valence-electron chi connectivity index (χ4n) is 1.82. The second-order valence-electron chi connectivity index (χ2n) is 4.36. The van der Waals surface area contributed by atoms with Crippen molar-refractivity contribution in [3.8, 4) is 0 Å². The highest BCUT2D eigenvalue weighted by Crippen LogP contribution is 2.40. The van der Waals surface area contributed by atoms with Gasteiger partial charge >= 0.3 is 0 Å². The number of aryl methyl sites for hydroxylation is 1. The number of hydrogen-bond donors (Lipinski definition) is 1. The predicted octanol–water partition coefficient (Wildman–Crippen LogP) is 2.81. The summed E-state index contributed by atoms with van der Waals surface area (Å²) >= 11 is 6.20. The van der Waals surface area contributed by atoms with E-state index in [4.69, 9.17) is 11.6 Å². The van der Waals surface area contributed by atoms with E-state index in [9.17, 15) is 13.5 Å². The highest BCUT2D eigenvalue weighted by molar-refractivity contribution is 7.94. The highest BCUT2D eigenvalue weighted by Gasteiger charge is 2.46. The molecule has 18 heavy (non-hydrogen) atoms. The maximum absolute atomic E-state index is 12.0. The average Bonchev–Trinajstić information content (AvgIpc) is 2.37. The van der Waals surface area contributed by atoms with Crippen LogP contribution in [0.4, 0.5) is 0 Å². The second-order valence-corrected chi connectivity index (χ2v) is 7.79. The number of aliphatic hydroxyl groups is 1. The molecule has 1 rings (SSSR count).